The van der Waals surface area contributed by atoms with E-state index >= 15 is 0 Å². The number of phenols is 3. The van der Waals surface area contributed by atoms with E-state index in [1.165, 1.54) is 6.08 Å². The molecule has 30 heavy (non-hydrogen) atoms. The highest BCUT2D eigenvalue weighted by Gasteiger charge is 2.43. The molecule has 0 saturated carbocycles. The molecule has 12 heteroatoms. The van der Waals surface area contributed by atoms with Crippen molar-refractivity contribution in [1.82, 2.24) is 0 Å². The van der Waals surface area contributed by atoms with Crippen molar-refractivity contribution in [2.75, 3.05) is 19.8 Å². The standard InChI is InChI=1S/C18H21NO11/c19-5-8(7-29-17(27)9-3-10(21)13(23)11(22)4-9)1-2-28-18-16(26)15(25)14(24)12(6-20)30-18/h1,3-4,12,14-16,18,20-26H,2,6-7H2. The molecule has 1 fully saturated rings. The van der Waals surface area contributed by atoms with Crippen molar-refractivity contribution >= 4 is 5.97 Å². The summed E-state index contributed by atoms with van der Waals surface area (Å²) < 4.78 is 15.2. The minimum atomic E-state index is -1.61. The van der Waals surface area contributed by atoms with Gasteiger partial charge in [-0.05, 0) is 18.2 Å². The zero-order valence-corrected chi connectivity index (χ0v) is 15.5. The maximum Gasteiger partial charge on any atom is 0.338 e. The van der Waals surface area contributed by atoms with Crippen molar-refractivity contribution < 1.29 is 54.8 Å². The van der Waals surface area contributed by atoms with Crippen molar-refractivity contribution in [2.24, 2.45) is 0 Å². The molecule has 1 aliphatic heterocycles. The summed E-state index contributed by atoms with van der Waals surface area (Å²) >= 11 is 0. The number of aromatic hydroxyl groups is 3. The van der Waals surface area contributed by atoms with Crippen molar-refractivity contribution in [1.29, 1.82) is 5.26 Å². The first-order valence-corrected chi connectivity index (χ1v) is 8.62. The summed E-state index contributed by atoms with van der Waals surface area (Å²) in [6.45, 7) is -1.41. The summed E-state index contributed by atoms with van der Waals surface area (Å²) in [7, 11) is 0. The average Bonchev–Trinajstić information content (AvgIpc) is 2.73. The lowest BCUT2D eigenvalue weighted by molar-refractivity contribution is -0.298. The Hall–Kier alpha value is -2.92. The van der Waals surface area contributed by atoms with Crippen molar-refractivity contribution in [3.8, 4) is 23.3 Å². The Morgan fingerprint density at radius 2 is 1.77 bits per heavy atom. The number of phenolic OH excluding ortho intramolecular Hbond substituents is 3. The van der Waals surface area contributed by atoms with E-state index in [4.69, 9.17) is 24.6 Å². The zero-order chi connectivity index (χ0) is 22.4. The van der Waals surface area contributed by atoms with E-state index in [1.54, 1.807) is 6.07 Å². The molecular formula is C18H21NO11. The Bertz CT molecular complexity index is 809. The fourth-order valence-corrected chi connectivity index (χ4v) is 2.53. The van der Waals surface area contributed by atoms with Crippen LogP contribution in [0.4, 0.5) is 0 Å². The molecular weight excluding hydrogens is 406 g/mol. The second-order valence-corrected chi connectivity index (χ2v) is 6.31. The molecule has 12 nitrogen and oxygen atoms in total. The quantitative estimate of drug-likeness (QED) is 0.146. The van der Waals surface area contributed by atoms with Crippen molar-refractivity contribution in [3.05, 3.63) is 29.3 Å². The van der Waals surface area contributed by atoms with Gasteiger partial charge in [0.05, 0.1) is 30.4 Å². The van der Waals surface area contributed by atoms with Crippen LogP contribution in [0.5, 0.6) is 17.2 Å². The highest BCUT2D eigenvalue weighted by atomic mass is 16.7. The van der Waals surface area contributed by atoms with E-state index < -0.39 is 67.1 Å². The van der Waals surface area contributed by atoms with Gasteiger partial charge in [-0.2, -0.15) is 5.26 Å². The van der Waals surface area contributed by atoms with E-state index in [9.17, 15) is 35.4 Å². The monoisotopic (exact) mass is 427 g/mol. The third-order valence-electron chi connectivity index (χ3n) is 4.25. The van der Waals surface area contributed by atoms with Crippen LogP contribution in [0, 0.1) is 11.3 Å². The van der Waals surface area contributed by atoms with Crippen LogP contribution in [-0.4, -0.2) is 92.2 Å². The Balaban J connectivity index is 1.92. The minimum Gasteiger partial charge on any atom is -0.504 e. The van der Waals surface area contributed by atoms with Gasteiger partial charge in [-0.1, -0.05) is 0 Å². The van der Waals surface area contributed by atoms with Crippen LogP contribution < -0.4 is 0 Å². The predicted molar refractivity (Wildman–Crippen MR) is 95.1 cm³/mol. The smallest absolute Gasteiger partial charge is 0.338 e. The Labute approximate surface area is 170 Å². The van der Waals surface area contributed by atoms with Gasteiger partial charge < -0.3 is 50.0 Å². The largest absolute Gasteiger partial charge is 0.504 e. The Kier molecular flexibility index (Phi) is 7.95. The summed E-state index contributed by atoms with van der Waals surface area (Å²) in [5.41, 5.74) is -0.321. The van der Waals surface area contributed by atoms with Crippen LogP contribution in [0.2, 0.25) is 0 Å². The maximum absolute atomic E-state index is 12.0. The first-order valence-electron chi connectivity index (χ1n) is 8.62. The fourth-order valence-electron chi connectivity index (χ4n) is 2.53. The van der Waals surface area contributed by atoms with E-state index in [1.807, 2.05) is 0 Å². The predicted octanol–water partition coefficient (Wildman–Crippen LogP) is -1.77. The molecule has 164 valence electrons. The Morgan fingerprint density at radius 1 is 1.13 bits per heavy atom. The molecule has 1 aliphatic rings. The molecule has 2 rings (SSSR count). The Morgan fingerprint density at radius 3 is 2.33 bits per heavy atom. The molecule has 5 unspecified atom stereocenters. The van der Waals surface area contributed by atoms with Crippen LogP contribution >= 0.6 is 0 Å². The second kappa shape index (κ2) is 10.2. The number of aliphatic hydroxyl groups is 4. The van der Waals surface area contributed by atoms with Crippen LogP contribution in [0.3, 0.4) is 0 Å². The topological polar surface area (TPSA) is 210 Å². The van der Waals surface area contributed by atoms with Gasteiger partial charge in [0.1, 0.15) is 31.0 Å². The molecule has 1 aromatic rings. The summed E-state index contributed by atoms with van der Waals surface area (Å²) in [6, 6.07) is 3.50. The summed E-state index contributed by atoms with van der Waals surface area (Å²) in [6.07, 6.45) is -6.07. The number of nitrogens with zero attached hydrogens (tertiary/aromatic N) is 1. The first-order chi connectivity index (χ1) is 14.2. The number of esters is 1. The summed E-state index contributed by atoms with van der Waals surface area (Å²) in [5, 5.41) is 75.5. The van der Waals surface area contributed by atoms with Crippen LogP contribution in [0.25, 0.3) is 0 Å². The normalized spacial score (nSPS) is 26.8. The third kappa shape index (κ3) is 5.36. The number of hydrogen-bond acceptors (Lipinski definition) is 12. The van der Waals surface area contributed by atoms with E-state index in [2.05, 4.69) is 0 Å². The number of carbonyl (C=O) groups is 1. The molecule has 5 atom stereocenters. The number of carbonyl (C=O) groups excluding carboxylic acids is 1. The van der Waals surface area contributed by atoms with Gasteiger partial charge in [-0.15, -0.1) is 0 Å². The number of ether oxygens (including phenoxy) is 3. The second-order valence-electron chi connectivity index (χ2n) is 6.31. The van der Waals surface area contributed by atoms with E-state index in [0.29, 0.717) is 0 Å². The molecule has 0 aliphatic carbocycles. The molecule has 1 aromatic carbocycles. The number of nitriles is 1. The average molecular weight is 427 g/mol. The fraction of sp³-hybridized carbons (Fsp3) is 0.444. The van der Waals surface area contributed by atoms with Gasteiger partial charge in [-0.25, -0.2) is 4.79 Å². The lowest BCUT2D eigenvalue weighted by Gasteiger charge is -2.39. The lowest BCUT2D eigenvalue weighted by Crippen LogP contribution is -2.59. The van der Waals surface area contributed by atoms with Gasteiger partial charge in [0.2, 0.25) is 0 Å². The van der Waals surface area contributed by atoms with Gasteiger partial charge in [0, 0.05) is 0 Å². The number of hydrogen-bond donors (Lipinski definition) is 7. The number of aliphatic hydroxyl groups excluding tert-OH is 4. The van der Waals surface area contributed by atoms with Crippen LogP contribution in [0.15, 0.2) is 23.8 Å². The van der Waals surface area contributed by atoms with Crippen LogP contribution in [-0.2, 0) is 14.2 Å². The molecule has 0 bridgehead atoms. The molecule has 1 heterocycles. The first kappa shape index (κ1) is 23.4. The van der Waals surface area contributed by atoms with E-state index in [-0.39, 0.29) is 17.7 Å². The van der Waals surface area contributed by atoms with Gasteiger partial charge in [0.15, 0.2) is 23.5 Å². The zero-order valence-electron chi connectivity index (χ0n) is 15.5. The van der Waals surface area contributed by atoms with Gasteiger partial charge in [-0.3, -0.25) is 0 Å². The molecule has 0 radical (unpaired) electrons. The lowest BCUT2D eigenvalue weighted by atomic mass is 9.99. The van der Waals surface area contributed by atoms with Crippen LogP contribution in [0.1, 0.15) is 10.4 Å². The highest BCUT2D eigenvalue weighted by Crippen LogP contribution is 2.35. The molecule has 0 amide bonds. The van der Waals surface area contributed by atoms with E-state index in [0.717, 1.165) is 12.1 Å². The van der Waals surface area contributed by atoms with Gasteiger partial charge >= 0.3 is 5.97 Å². The summed E-state index contributed by atoms with van der Waals surface area (Å²) in [4.78, 5) is 12.0. The summed E-state index contributed by atoms with van der Waals surface area (Å²) in [5.74, 6) is -3.25. The molecule has 0 spiro atoms. The minimum absolute atomic E-state index is 0.0554. The maximum atomic E-state index is 12.0. The van der Waals surface area contributed by atoms with Gasteiger partial charge in [0.25, 0.3) is 0 Å². The molecule has 0 aromatic heterocycles. The highest BCUT2D eigenvalue weighted by molar-refractivity contribution is 5.91. The molecule has 1 saturated heterocycles. The number of rotatable bonds is 7. The van der Waals surface area contributed by atoms with Crippen molar-refractivity contribution in [3.63, 3.8) is 0 Å². The molecule has 7 N–H and O–H groups in total. The van der Waals surface area contributed by atoms with Crippen molar-refractivity contribution in [2.45, 2.75) is 30.7 Å². The number of benzene rings is 1. The third-order valence-corrected chi connectivity index (χ3v) is 4.25. The SMILES string of the molecule is N#CC(=CCOC1OC(CO)C(O)C(O)C1O)COC(=O)c1cc(O)c(O)c(O)c1.